The Kier molecular flexibility index (Phi) is 5.51. The number of hydrogen-bond donors (Lipinski definition) is 0. The van der Waals surface area contributed by atoms with Crippen LogP contribution in [0.25, 0.3) is 0 Å². The molecule has 0 fully saturated rings. The summed E-state index contributed by atoms with van der Waals surface area (Å²) in [4.78, 5) is 0. The second-order valence-electron chi connectivity index (χ2n) is 13.6. The average molecular weight is 597 g/mol. The first-order chi connectivity index (χ1) is 23.2. The standard InChI is InChI=1S/C47H32/c1-4-13-38-44-40-30-14-5-9-18-34(30)42(35-19-10-6-15-31(35)40)46(44)39(25-24-29-23-22-27(2)28(3)26-29)47-43-36-20-11-7-16-32(36)41(45(38)47)33-17-8-12-21-37(33)43/h5-12,14-23,26,40-43H,1-3H3. The summed E-state index contributed by atoms with van der Waals surface area (Å²) < 4.78 is 0. The van der Waals surface area contributed by atoms with Crippen LogP contribution in [0.5, 0.6) is 0 Å². The maximum atomic E-state index is 3.93. The Balaban J connectivity index is 1.39. The highest BCUT2D eigenvalue weighted by Gasteiger charge is 2.50. The van der Waals surface area contributed by atoms with Gasteiger partial charge in [-0.25, -0.2) is 0 Å². The molecule has 0 atom stereocenters. The molecular formula is C47H32. The molecule has 0 saturated heterocycles. The van der Waals surface area contributed by atoms with Crippen LogP contribution in [0.3, 0.4) is 0 Å². The van der Waals surface area contributed by atoms with Crippen molar-refractivity contribution in [1.82, 2.24) is 0 Å². The maximum absolute atomic E-state index is 3.93. The third kappa shape index (κ3) is 3.46. The lowest BCUT2D eigenvalue weighted by atomic mass is 9.53. The van der Waals surface area contributed by atoms with Gasteiger partial charge in [0, 0.05) is 40.4 Å². The van der Waals surface area contributed by atoms with E-state index < -0.39 is 0 Å². The average Bonchev–Trinajstić information content (AvgIpc) is 3.12. The van der Waals surface area contributed by atoms with Crippen molar-refractivity contribution in [2.45, 2.75) is 44.4 Å². The Morgan fingerprint density at radius 3 is 1.04 bits per heavy atom. The van der Waals surface area contributed by atoms with Crippen molar-refractivity contribution in [3.8, 4) is 23.7 Å². The van der Waals surface area contributed by atoms with Gasteiger partial charge in [0.15, 0.2) is 0 Å². The fraction of sp³-hybridized carbons (Fsp3) is 0.149. The Labute approximate surface area is 277 Å². The van der Waals surface area contributed by atoms with E-state index in [4.69, 9.17) is 0 Å². The van der Waals surface area contributed by atoms with Crippen LogP contribution in [0.2, 0.25) is 0 Å². The predicted octanol–water partition coefficient (Wildman–Crippen LogP) is 10.0. The van der Waals surface area contributed by atoms with Gasteiger partial charge in [-0.1, -0.05) is 121 Å². The Bertz CT molecular complexity index is 2260. The lowest BCUT2D eigenvalue weighted by Gasteiger charge is -2.48. The molecule has 6 aromatic rings. The van der Waals surface area contributed by atoms with Crippen LogP contribution in [0.4, 0.5) is 0 Å². The van der Waals surface area contributed by atoms with Crippen molar-refractivity contribution in [2.75, 3.05) is 0 Å². The van der Waals surface area contributed by atoms with E-state index >= 15 is 0 Å². The highest BCUT2D eigenvalue weighted by Crippen LogP contribution is 2.63. The number of aryl methyl sites for hydroxylation is 2. The van der Waals surface area contributed by atoms with Gasteiger partial charge in [-0.3, -0.25) is 0 Å². The van der Waals surface area contributed by atoms with Crippen molar-refractivity contribution in [1.29, 1.82) is 0 Å². The van der Waals surface area contributed by atoms with Crippen molar-refractivity contribution in [3.63, 3.8) is 0 Å². The summed E-state index contributed by atoms with van der Waals surface area (Å²) in [7, 11) is 0. The van der Waals surface area contributed by atoms with Gasteiger partial charge in [-0.2, -0.15) is 0 Å². The van der Waals surface area contributed by atoms with E-state index in [1.807, 2.05) is 6.92 Å². The van der Waals surface area contributed by atoms with E-state index in [0.717, 1.165) is 5.56 Å². The van der Waals surface area contributed by atoms with Crippen LogP contribution in [-0.2, 0) is 0 Å². The SMILES string of the molecule is CC#Cc1c2c(c(C#Cc3ccc(C)c(C)c3)c3c1C1c4ccccc4C3c3ccccc31)C1c3ccccc3C2c2ccccc21. The molecule has 6 aliphatic rings. The van der Waals surface area contributed by atoms with E-state index in [1.54, 1.807) is 0 Å². The van der Waals surface area contributed by atoms with E-state index in [0.29, 0.717) is 0 Å². The lowest BCUT2D eigenvalue weighted by molar-refractivity contribution is 0.710. The Morgan fingerprint density at radius 1 is 0.383 bits per heavy atom. The van der Waals surface area contributed by atoms with Crippen LogP contribution in [-0.4, -0.2) is 0 Å². The second-order valence-corrected chi connectivity index (χ2v) is 13.6. The van der Waals surface area contributed by atoms with Gasteiger partial charge in [0.05, 0.1) is 0 Å². The fourth-order valence-corrected chi connectivity index (χ4v) is 9.44. The molecule has 220 valence electrons. The third-order valence-corrected chi connectivity index (χ3v) is 11.4. The minimum absolute atomic E-state index is 0.111. The number of hydrogen-bond acceptors (Lipinski definition) is 0. The first kappa shape index (κ1) is 26.6. The molecule has 4 bridgehead atoms. The summed E-state index contributed by atoms with van der Waals surface area (Å²) in [6, 6.07) is 43.1. The molecule has 12 rings (SSSR count). The zero-order valence-corrected chi connectivity index (χ0v) is 26.8. The van der Waals surface area contributed by atoms with Crippen molar-refractivity contribution in [2.24, 2.45) is 0 Å². The Hall–Kier alpha value is -5.56. The molecule has 0 N–H and O–H groups in total. The molecule has 0 nitrogen and oxygen atoms in total. The normalized spacial score (nSPS) is 19.5. The highest BCUT2D eigenvalue weighted by molar-refractivity contribution is 5.82. The van der Waals surface area contributed by atoms with Crippen LogP contribution >= 0.6 is 0 Å². The minimum atomic E-state index is 0.111. The first-order valence-electron chi connectivity index (χ1n) is 16.8. The topological polar surface area (TPSA) is 0 Å². The molecule has 0 unspecified atom stereocenters. The summed E-state index contributed by atoms with van der Waals surface area (Å²) in [5.41, 5.74) is 22.9. The predicted molar refractivity (Wildman–Crippen MR) is 190 cm³/mol. The molecule has 0 heteroatoms. The molecule has 0 heterocycles. The number of rotatable bonds is 0. The molecule has 0 saturated carbocycles. The fourth-order valence-electron chi connectivity index (χ4n) is 9.44. The second kappa shape index (κ2) is 9.72. The molecule has 47 heavy (non-hydrogen) atoms. The van der Waals surface area contributed by atoms with Gasteiger partial charge in [0.25, 0.3) is 0 Å². The van der Waals surface area contributed by atoms with Crippen LogP contribution in [0, 0.1) is 37.5 Å². The van der Waals surface area contributed by atoms with Crippen LogP contribution in [0.1, 0.15) is 125 Å². The highest BCUT2D eigenvalue weighted by atomic mass is 14.5. The monoisotopic (exact) mass is 596 g/mol. The molecule has 6 aromatic carbocycles. The Morgan fingerprint density at radius 2 is 0.723 bits per heavy atom. The van der Waals surface area contributed by atoms with E-state index in [1.165, 1.54) is 89.0 Å². The summed E-state index contributed by atoms with van der Waals surface area (Å²) in [5, 5.41) is 0. The lowest BCUT2D eigenvalue weighted by Crippen LogP contribution is -2.35. The molecule has 6 aliphatic carbocycles. The summed E-state index contributed by atoms with van der Waals surface area (Å²) in [6.45, 7) is 6.35. The molecular weight excluding hydrogens is 565 g/mol. The zero-order chi connectivity index (χ0) is 31.4. The maximum Gasteiger partial charge on any atom is 0.0362 e. The molecule has 0 aromatic heterocycles. The van der Waals surface area contributed by atoms with Crippen LogP contribution in [0.15, 0.2) is 115 Å². The van der Waals surface area contributed by atoms with Gasteiger partial charge in [-0.15, -0.1) is 5.92 Å². The zero-order valence-electron chi connectivity index (χ0n) is 26.8. The van der Waals surface area contributed by atoms with Gasteiger partial charge in [-0.05, 0) is 111 Å². The van der Waals surface area contributed by atoms with Gasteiger partial charge in [0.2, 0.25) is 0 Å². The minimum Gasteiger partial charge on any atom is -0.101 e. The molecule has 0 aliphatic heterocycles. The van der Waals surface area contributed by atoms with Crippen LogP contribution < -0.4 is 0 Å². The summed E-state index contributed by atoms with van der Waals surface area (Å²) >= 11 is 0. The molecule has 0 spiro atoms. The summed E-state index contributed by atoms with van der Waals surface area (Å²) in [6.07, 6.45) is 0. The smallest absolute Gasteiger partial charge is 0.0362 e. The third-order valence-electron chi connectivity index (χ3n) is 11.4. The first-order valence-corrected chi connectivity index (χ1v) is 16.8. The molecule has 0 radical (unpaired) electrons. The molecule has 0 amide bonds. The van der Waals surface area contributed by atoms with Crippen molar-refractivity contribution < 1.29 is 0 Å². The quantitative estimate of drug-likeness (QED) is 0.153. The van der Waals surface area contributed by atoms with Crippen molar-refractivity contribution >= 4 is 0 Å². The largest absolute Gasteiger partial charge is 0.101 e. The van der Waals surface area contributed by atoms with Gasteiger partial charge >= 0.3 is 0 Å². The number of benzene rings is 6. The van der Waals surface area contributed by atoms with Gasteiger partial charge < -0.3 is 0 Å². The van der Waals surface area contributed by atoms with E-state index in [9.17, 15) is 0 Å². The van der Waals surface area contributed by atoms with E-state index in [2.05, 4.69) is 153 Å². The van der Waals surface area contributed by atoms with Gasteiger partial charge in [0.1, 0.15) is 0 Å². The van der Waals surface area contributed by atoms with E-state index in [-0.39, 0.29) is 23.7 Å². The van der Waals surface area contributed by atoms with Crippen molar-refractivity contribution in [3.05, 3.63) is 210 Å². The summed E-state index contributed by atoms with van der Waals surface area (Å²) in [5.74, 6) is 15.3.